The van der Waals surface area contributed by atoms with Crippen LogP contribution >= 0.6 is 0 Å². The number of hydrogen-bond donors (Lipinski definition) is 0. The van der Waals surface area contributed by atoms with E-state index in [9.17, 15) is 0 Å². The van der Waals surface area contributed by atoms with Crippen molar-refractivity contribution >= 4 is 5.57 Å². The molecule has 2 unspecified atom stereocenters. The normalized spacial score (nSPS) is 30.1. The molecule has 0 radical (unpaired) electrons. The van der Waals surface area contributed by atoms with Crippen molar-refractivity contribution in [2.24, 2.45) is 17.3 Å². The van der Waals surface area contributed by atoms with Crippen LogP contribution in [0.1, 0.15) is 45.6 Å². The molecule has 1 saturated carbocycles. The van der Waals surface area contributed by atoms with Gasteiger partial charge in [0.2, 0.25) is 0 Å². The second-order valence-corrected chi connectivity index (χ2v) is 6.12. The summed E-state index contributed by atoms with van der Waals surface area (Å²) < 4.78 is 0. The topological polar surface area (TPSA) is 0 Å². The van der Waals surface area contributed by atoms with E-state index in [1.54, 1.807) is 11.1 Å². The van der Waals surface area contributed by atoms with Crippen LogP contribution < -0.4 is 0 Å². The van der Waals surface area contributed by atoms with E-state index in [0.717, 1.165) is 11.8 Å². The third kappa shape index (κ3) is 1.43. The van der Waals surface area contributed by atoms with Crippen LogP contribution in [0.5, 0.6) is 0 Å². The quantitative estimate of drug-likeness (QED) is 0.671. The van der Waals surface area contributed by atoms with Gasteiger partial charge in [-0.25, -0.2) is 0 Å². The van der Waals surface area contributed by atoms with E-state index in [2.05, 4.69) is 51.1 Å². The van der Waals surface area contributed by atoms with Crippen LogP contribution in [0.15, 0.2) is 35.9 Å². The van der Waals surface area contributed by atoms with E-state index in [1.165, 1.54) is 24.8 Å². The zero-order valence-corrected chi connectivity index (χ0v) is 11.2. The highest BCUT2D eigenvalue weighted by atomic mass is 14.6. The van der Waals surface area contributed by atoms with Crippen LogP contribution in [0.4, 0.5) is 0 Å². The van der Waals surface area contributed by atoms with Crippen molar-refractivity contribution in [3.63, 3.8) is 0 Å². The lowest BCUT2D eigenvalue weighted by atomic mass is 9.63. The Morgan fingerprint density at radius 1 is 1.12 bits per heavy atom. The van der Waals surface area contributed by atoms with Crippen molar-refractivity contribution in [2.75, 3.05) is 0 Å². The molecule has 17 heavy (non-hydrogen) atoms. The summed E-state index contributed by atoms with van der Waals surface area (Å²) in [7, 11) is 0. The summed E-state index contributed by atoms with van der Waals surface area (Å²) in [6.07, 6.45) is 4.05. The molecule has 0 heterocycles. The minimum absolute atomic E-state index is 0.433. The number of benzene rings is 1. The Kier molecular flexibility index (Phi) is 2.43. The first-order valence-corrected chi connectivity index (χ1v) is 6.95. The molecule has 0 nitrogen and oxygen atoms in total. The standard InChI is InChI=1S/C17H22/c1-4-14-16(12-8-6-5-7-9-12)13-10-11-15(13)17(14,2)3/h5-9,13,15H,4,10-11H2,1-3H3. The van der Waals surface area contributed by atoms with Gasteiger partial charge < -0.3 is 0 Å². The van der Waals surface area contributed by atoms with Gasteiger partial charge in [0.05, 0.1) is 0 Å². The molecule has 1 aromatic carbocycles. The minimum atomic E-state index is 0.433. The van der Waals surface area contributed by atoms with E-state index in [4.69, 9.17) is 0 Å². The fraction of sp³-hybridized carbons (Fsp3) is 0.529. The van der Waals surface area contributed by atoms with Crippen LogP contribution in [0.2, 0.25) is 0 Å². The zero-order valence-electron chi connectivity index (χ0n) is 11.2. The van der Waals surface area contributed by atoms with Crippen molar-refractivity contribution in [3.8, 4) is 0 Å². The maximum atomic E-state index is 2.46. The van der Waals surface area contributed by atoms with E-state index >= 15 is 0 Å². The Labute approximate surface area is 105 Å². The molecule has 1 aromatic rings. The van der Waals surface area contributed by atoms with Crippen molar-refractivity contribution in [1.82, 2.24) is 0 Å². The average Bonchev–Trinajstić information content (AvgIpc) is 2.41. The molecule has 0 N–H and O–H groups in total. The van der Waals surface area contributed by atoms with Crippen molar-refractivity contribution in [2.45, 2.75) is 40.0 Å². The summed E-state index contributed by atoms with van der Waals surface area (Å²) in [6, 6.07) is 11.1. The van der Waals surface area contributed by atoms with Crippen molar-refractivity contribution < 1.29 is 0 Å². The summed E-state index contributed by atoms with van der Waals surface area (Å²) in [5.41, 5.74) is 5.32. The van der Waals surface area contributed by atoms with Crippen LogP contribution in [-0.4, -0.2) is 0 Å². The first-order chi connectivity index (χ1) is 8.16. The van der Waals surface area contributed by atoms with E-state index in [1.807, 2.05) is 0 Å². The first-order valence-electron chi connectivity index (χ1n) is 6.95. The van der Waals surface area contributed by atoms with Gasteiger partial charge in [-0.05, 0) is 47.6 Å². The summed E-state index contributed by atoms with van der Waals surface area (Å²) in [5.74, 6) is 1.76. The lowest BCUT2D eigenvalue weighted by Gasteiger charge is -2.41. The van der Waals surface area contributed by atoms with E-state index < -0.39 is 0 Å². The molecule has 1 fully saturated rings. The van der Waals surface area contributed by atoms with Gasteiger partial charge in [0.15, 0.2) is 0 Å². The largest absolute Gasteiger partial charge is 0.0622 e. The molecule has 0 heteroatoms. The molecular weight excluding hydrogens is 204 g/mol. The summed E-state index contributed by atoms with van der Waals surface area (Å²) >= 11 is 0. The Balaban J connectivity index is 2.13. The molecule has 2 atom stereocenters. The molecular formula is C17H22. The van der Waals surface area contributed by atoms with Crippen LogP contribution in [0, 0.1) is 17.3 Å². The third-order valence-electron chi connectivity index (χ3n) is 5.11. The third-order valence-corrected chi connectivity index (χ3v) is 5.11. The summed E-state index contributed by atoms with van der Waals surface area (Å²) in [6.45, 7) is 7.24. The molecule has 3 rings (SSSR count). The van der Waals surface area contributed by atoms with Gasteiger partial charge >= 0.3 is 0 Å². The van der Waals surface area contributed by atoms with Crippen LogP contribution in [-0.2, 0) is 0 Å². The summed E-state index contributed by atoms with van der Waals surface area (Å²) in [5, 5.41) is 0. The Morgan fingerprint density at radius 2 is 1.82 bits per heavy atom. The van der Waals surface area contributed by atoms with Gasteiger partial charge in [-0.2, -0.15) is 0 Å². The van der Waals surface area contributed by atoms with Gasteiger partial charge in [-0.3, -0.25) is 0 Å². The highest BCUT2D eigenvalue weighted by molar-refractivity contribution is 5.75. The highest BCUT2D eigenvalue weighted by Crippen LogP contribution is 2.63. The number of hydrogen-bond acceptors (Lipinski definition) is 0. The van der Waals surface area contributed by atoms with Gasteiger partial charge in [0.25, 0.3) is 0 Å². The monoisotopic (exact) mass is 226 g/mol. The molecule has 0 bridgehead atoms. The predicted octanol–water partition coefficient (Wildman–Crippen LogP) is 4.92. The second kappa shape index (κ2) is 3.73. The van der Waals surface area contributed by atoms with Gasteiger partial charge in [-0.15, -0.1) is 0 Å². The molecule has 0 aliphatic heterocycles. The molecule has 0 aromatic heterocycles. The lowest BCUT2D eigenvalue weighted by Crippen LogP contribution is -2.32. The van der Waals surface area contributed by atoms with Crippen LogP contribution in [0.25, 0.3) is 5.57 Å². The van der Waals surface area contributed by atoms with Gasteiger partial charge in [-0.1, -0.05) is 56.7 Å². The van der Waals surface area contributed by atoms with Gasteiger partial charge in [0.1, 0.15) is 0 Å². The lowest BCUT2D eigenvalue weighted by molar-refractivity contribution is 0.130. The maximum Gasteiger partial charge on any atom is -0.0105 e. The SMILES string of the molecule is CCC1=C(c2ccccc2)C2CCC2C1(C)C. The Morgan fingerprint density at radius 3 is 2.35 bits per heavy atom. The fourth-order valence-corrected chi connectivity index (χ4v) is 4.16. The Bertz CT molecular complexity index is 450. The zero-order chi connectivity index (χ0) is 12.0. The molecule has 0 amide bonds. The second-order valence-electron chi connectivity index (χ2n) is 6.12. The number of rotatable bonds is 2. The van der Waals surface area contributed by atoms with Crippen LogP contribution in [0.3, 0.4) is 0 Å². The first kappa shape index (κ1) is 11.1. The maximum absolute atomic E-state index is 2.46. The minimum Gasteiger partial charge on any atom is -0.0622 e. The van der Waals surface area contributed by atoms with E-state index in [-0.39, 0.29) is 0 Å². The van der Waals surface area contributed by atoms with Crippen molar-refractivity contribution in [3.05, 3.63) is 41.5 Å². The smallest absolute Gasteiger partial charge is 0.0105 e. The van der Waals surface area contributed by atoms with E-state index in [0.29, 0.717) is 5.41 Å². The van der Waals surface area contributed by atoms with Gasteiger partial charge in [0, 0.05) is 0 Å². The summed E-state index contributed by atoms with van der Waals surface area (Å²) in [4.78, 5) is 0. The molecule has 2 aliphatic rings. The molecule has 2 aliphatic carbocycles. The molecule has 0 saturated heterocycles. The highest BCUT2D eigenvalue weighted by Gasteiger charge is 2.51. The molecule has 90 valence electrons. The average molecular weight is 226 g/mol. The predicted molar refractivity (Wildman–Crippen MR) is 73.6 cm³/mol. The Hall–Kier alpha value is -1.04. The van der Waals surface area contributed by atoms with Crippen molar-refractivity contribution in [1.29, 1.82) is 0 Å². The fourth-order valence-electron chi connectivity index (χ4n) is 4.16. The number of allylic oxidation sites excluding steroid dienone is 2. The molecule has 0 spiro atoms. The number of fused-ring (bicyclic) bond motifs is 1.